The van der Waals surface area contributed by atoms with Crippen LogP contribution >= 0.6 is 0 Å². The first-order valence-electron chi connectivity index (χ1n) is 10.5. The normalized spacial score (nSPS) is 14.9. The predicted octanol–water partition coefficient (Wildman–Crippen LogP) is 1.82. The third-order valence-electron chi connectivity index (χ3n) is 4.00. The minimum Gasteiger partial charge on any atom is -0.500 e. The van der Waals surface area contributed by atoms with Crippen LogP contribution in [0.2, 0.25) is 0 Å². The molecule has 1 heterocycles. The smallest absolute Gasteiger partial charge is 0.349 e. The van der Waals surface area contributed by atoms with E-state index in [9.17, 15) is 24.0 Å². The molecule has 0 aliphatic carbocycles. The van der Waals surface area contributed by atoms with E-state index in [0.717, 1.165) is 11.2 Å². The van der Waals surface area contributed by atoms with Gasteiger partial charge in [0.05, 0.1) is 13.2 Å². The van der Waals surface area contributed by atoms with Crippen molar-refractivity contribution >= 4 is 29.7 Å². The van der Waals surface area contributed by atoms with Crippen molar-refractivity contribution < 1.29 is 42.9 Å². The first-order chi connectivity index (χ1) is 15.0. The van der Waals surface area contributed by atoms with E-state index in [1.165, 1.54) is 12.2 Å². The van der Waals surface area contributed by atoms with Gasteiger partial charge in [-0.3, -0.25) is 14.5 Å². The fraction of sp³-hybridized carbons (Fsp3) is 0.591. The Labute approximate surface area is 187 Å². The summed E-state index contributed by atoms with van der Waals surface area (Å²) in [5, 5.41) is 0. The molecule has 1 unspecified atom stereocenters. The van der Waals surface area contributed by atoms with E-state index in [0.29, 0.717) is 12.8 Å². The molecule has 0 radical (unpaired) electrons. The van der Waals surface area contributed by atoms with Crippen molar-refractivity contribution in [1.82, 2.24) is 4.90 Å². The molecule has 0 bridgehead atoms. The molecule has 2 amide bonds. The molecule has 0 fully saturated rings. The van der Waals surface area contributed by atoms with Crippen LogP contribution in [0.15, 0.2) is 24.0 Å². The van der Waals surface area contributed by atoms with E-state index in [2.05, 4.69) is 0 Å². The summed E-state index contributed by atoms with van der Waals surface area (Å²) in [5.74, 6) is -3.59. The molecule has 1 aliphatic heterocycles. The number of carbonyl (C=O) groups excluding carboxylic acids is 5. The Morgan fingerprint density at radius 1 is 1.00 bits per heavy atom. The average Bonchev–Trinajstić information content (AvgIpc) is 3.01. The summed E-state index contributed by atoms with van der Waals surface area (Å²) in [6, 6.07) is 0. The molecule has 0 saturated heterocycles. The Balaban J connectivity index is 2.84. The predicted molar refractivity (Wildman–Crippen MR) is 112 cm³/mol. The van der Waals surface area contributed by atoms with E-state index in [1.807, 2.05) is 0 Å². The summed E-state index contributed by atoms with van der Waals surface area (Å²) in [5.41, 5.74) is -1.31. The highest BCUT2D eigenvalue weighted by Crippen LogP contribution is 2.17. The molecule has 1 rings (SSSR count). The Morgan fingerprint density at radius 3 is 2.16 bits per heavy atom. The molecule has 10 nitrogen and oxygen atoms in total. The Morgan fingerprint density at radius 2 is 1.62 bits per heavy atom. The van der Waals surface area contributed by atoms with E-state index in [4.69, 9.17) is 18.9 Å². The van der Waals surface area contributed by atoms with Gasteiger partial charge >= 0.3 is 17.9 Å². The van der Waals surface area contributed by atoms with Gasteiger partial charge in [0.2, 0.25) is 0 Å². The largest absolute Gasteiger partial charge is 0.500 e. The topological polar surface area (TPSA) is 126 Å². The van der Waals surface area contributed by atoms with Crippen LogP contribution < -0.4 is 0 Å². The lowest BCUT2D eigenvalue weighted by Gasteiger charge is -2.24. The molecule has 32 heavy (non-hydrogen) atoms. The molecular formula is C22H31NO9. The fourth-order valence-electron chi connectivity index (χ4n) is 2.59. The highest BCUT2D eigenvalue weighted by molar-refractivity contribution is 6.14. The second-order valence-corrected chi connectivity index (χ2v) is 7.79. The summed E-state index contributed by atoms with van der Waals surface area (Å²) < 4.78 is 20.5. The molecule has 0 spiro atoms. The van der Waals surface area contributed by atoms with E-state index < -0.39 is 47.0 Å². The van der Waals surface area contributed by atoms with Crippen LogP contribution in [0.25, 0.3) is 0 Å². The molecular weight excluding hydrogens is 422 g/mol. The molecule has 178 valence electrons. The van der Waals surface area contributed by atoms with Crippen LogP contribution in [0.1, 0.15) is 53.9 Å². The van der Waals surface area contributed by atoms with Crippen LogP contribution in [-0.2, 0) is 42.9 Å². The van der Waals surface area contributed by atoms with Crippen molar-refractivity contribution in [2.24, 2.45) is 0 Å². The van der Waals surface area contributed by atoms with Gasteiger partial charge in [0, 0.05) is 18.7 Å². The minimum atomic E-state index is -1.30. The standard InChI is InChI=1S/C22H31NO9/c1-6-29-14-15(19(26)30-7-2)20(27)31-16(21(28)32-22(3,4)5)10-8-9-13-23-17(24)11-12-18(23)25/h11-12,14,16H,6-10,13H2,1-5H3. The maximum atomic E-state index is 12.6. The molecule has 0 N–H and O–H groups in total. The molecule has 1 aliphatic rings. The fourth-order valence-corrected chi connectivity index (χ4v) is 2.59. The van der Waals surface area contributed by atoms with Crippen molar-refractivity contribution in [2.45, 2.75) is 65.6 Å². The van der Waals surface area contributed by atoms with Crippen molar-refractivity contribution in [1.29, 1.82) is 0 Å². The average molecular weight is 453 g/mol. The number of rotatable bonds is 12. The first-order valence-corrected chi connectivity index (χ1v) is 10.5. The Bertz CT molecular complexity index is 759. The van der Waals surface area contributed by atoms with Crippen LogP contribution in [0.3, 0.4) is 0 Å². The number of amides is 2. The summed E-state index contributed by atoms with van der Waals surface area (Å²) in [6.45, 7) is 8.65. The first kappa shape index (κ1) is 26.9. The van der Waals surface area contributed by atoms with Gasteiger partial charge in [-0.05, 0) is 53.9 Å². The van der Waals surface area contributed by atoms with Gasteiger partial charge in [-0.1, -0.05) is 0 Å². The number of ether oxygens (including phenoxy) is 4. The van der Waals surface area contributed by atoms with Gasteiger partial charge in [0.15, 0.2) is 11.7 Å². The molecule has 1 atom stereocenters. The number of esters is 3. The lowest BCUT2D eigenvalue weighted by Crippen LogP contribution is -2.36. The SMILES string of the molecule is CCOC=C(C(=O)OCC)C(=O)OC(CCCCN1C(=O)C=CC1=O)C(=O)OC(C)(C)C. The monoisotopic (exact) mass is 453 g/mol. The maximum Gasteiger partial charge on any atom is 0.349 e. The maximum absolute atomic E-state index is 12.6. The quantitative estimate of drug-likeness (QED) is 0.0635. The van der Waals surface area contributed by atoms with Crippen molar-refractivity contribution in [3.63, 3.8) is 0 Å². The van der Waals surface area contributed by atoms with Crippen LogP contribution in [0.5, 0.6) is 0 Å². The molecule has 0 saturated carbocycles. The lowest BCUT2D eigenvalue weighted by atomic mass is 10.1. The van der Waals surface area contributed by atoms with Gasteiger partial charge in [0.1, 0.15) is 11.9 Å². The molecule has 0 aromatic rings. The van der Waals surface area contributed by atoms with Crippen LogP contribution in [0, 0.1) is 0 Å². The summed E-state index contributed by atoms with van der Waals surface area (Å²) >= 11 is 0. The van der Waals surface area contributed by atoms with Crippen molar-refractivity contribution in [3.8, 4) is 0 Å². The van der Waals surface area contributed by atoms with Gasteiger partial charge in [-0.15, -0.1) is 0 Å². The summed E-state index contributed by atoms with van der Waals surface area (Å²) in [7, 11) is 0. The second-order valence-electron chi connectivity index (χ2n) is 7.79. The van der Waals surface area contributed by atoms with Gasteiger partial charge in [-0.25, -0.2) is 14.4 Å². The number of nitrogens with zero attached hydrogens (tertiary/aromatic N) is 1. The van der Waals surface area contributed by atoms with E-state index in [1.54, 1.807) is 34.6 Å². The van der Waals surface area contributed by atoms with Crippen LogP contribution in [-0.4, -0.2) is 66.1 Å². The number of hydrogen-bond acceptors (Lipinski definition) is 9. The molecule has 10 heteroatoms. The lowest BCUT2D eigenvalue weighted by molar-refractivity contribution is -0.175. The summed E-state index contributed by atoms with van der Waals surface area (Å²) in [4.78, 5) is 61.6. The Kier molecular flexibility index (Phi) is 10.6. The van der Waals surface area contributed by atoms with Crippen molar-refractivity contribution in [3.05, 3.63) is 24.0 Å². The number of hydrogen-bond donors (Lipinski definition) is 0. The third kappa shape index (κ3) is 8.91. The number of carbonyl (C=O) groups is 5. The highest BCUT2D eigenvalue weighted by atomic mass is 16.6. The van der Waals surface area contributed by atoms with E-state index in [-0.39, 0.29) is 26.2 Å². The number of imide groups is 1. The molecule has 0 aromatic carbocycles. The summed E-state index contributed by atoms with van der Waals surface area (Å²) in [6.07, 6.45) is 2.81. The number of unbranched alkanes of at least 4 members (excludes halogenated alkanes) is 1. The minimum absolute atomic E-state index is 0.0356. The van der Waals surface area contributed by atoms with E-state index >= 15 is 0 Å². The highest BCUT2D eigenvalue weighted by Gasteiger charge is 2.32. The Hall–Kier alpha value is -3.17. The van der Waals surface area contributed by atoms with Crippen LogP contribution in [0.4, 0.5) is 0 Å². The third-order valence-corrected chi connectivity index (χ3v) is 4.00. The zero-order chi connectivity index (χ0) is 24.3. The van der Waals surface area contributed by atoms with Gasteiger partial charge in [-0.2, -0.15) is 0 Å². The zero-order valence-corrected chi connectivity index (χ0v) is 19.2. The zero-order valence-electron chi connectivity index (χ0n) is 19.2. The van der Waals surface area contributed by atoms with Gasteiger partial charge in [0.25, 0.3) is 11.8 Å². The molecule has 0 aromatic heterocycles. The second kappa shape index (κ2) is 12.6. The van der Waals surface area contributed by atoms with Crippen molar-refractivity contribution in [2.75, 3.05) is 19.8 Å². The van der Waals surface area contributed by atoms with Gasteiger partial charge < -0.3 is 18.9 Å².